The van der Waals surface area contributed by atoms with Gasteiger partial charge in [0, 0.05) is 17.8 Å². The topological polar surface area (TPSA) is 105 Å². The molecule has 0 aliphatic rings. The Morgan fingerprint density at radius 3 is 2.47 bits per heavy atom. The molecule has 0 radical (unpaired) electrons. The fourth-order valence-corrected chi connectivity index (χ4v) is 3.85. The quantitative estimate of drug-likeness (QED) is 0.310. The summed E-state index contributed by atoms with van der Waals surface area (Å²) in [6.45, 7) is 1.18. The van der Waals surface area contributed by atoms with E-state index >= 15 is 0 Å². The molecular weight excluding hydrogens is 494 g/mol. The number of benzene rings is 2. The molecule has 4 rings (SSSR count). The normalized spacial score (nSPS) is 11.8. The fourth-order valence-electron chi connectivity index (χ4n) is 3.73. The molecule has 11 heteroatoms. The monoisotopic (exact) mass is 514 g/mol. The molecule has 1 unspecified atom stereocenters. The maximum Gasteiger partial charge on any atom is 0.404 e. The van der Waals surface area contributed by atoms with Gasteiger partial charge in [0.1, 0.15) is 23.9 Å². The van der Waals surface area contributed by atoms with Crippen molar-refractivity contribution < 1.29 is 28.2 Å². The van der Waals surface area contributed by atoms with Crippen LogP contribution in [0.3, 0.4) is 0 Å². The number of ether oxygens (including phenoxy) is 1. The summed E-state index contributed by atoms with van der Waals surface area (Å²) in [7, 11) is 0. The predicted octanol–water partition coefficient (Wildman–Crippen LogP) is 4.89. The van der Waals surface area contributed by atoms with Gasteiger partial charge in [0.25, 0.3) is 5.91 Å². The first-order chi connectivity index (χ1) is 17.2. The van der Waals surface area contributed by atoms with Crippen LogP contribution in [-0.4, -0.2) is 33.0 Å². The second-order valence-electron chi connectivity index (χ2n) is 7.86. The molecule has 0 aliphatic carbocycles. The van der Waals surface area contributed by atoms with Gasteiger partial charge in [-0.25, -0.2) is 18.6 Å². The Labute approximate surface area is 209 Å². The van der Waals surface area contributed by atoms with Crippen molar-refractivity contribution >= 4 is 29.2 Å². The lowest BCUT2D eigenvalue weighted by molar-refractivity contribution is 0.0928. The Morgan fingerprint density at radius 2 is 1.81 bits per heavy atom. The van der Waals surface area contributed by atoms with E-state index in [1.807, 2.05) is 0 Å². The third kappa shape index (κ3) is 5.38. The molecule has 0 fully saturated rings. The van der Waals surface area contributed by atoms with Crippen molar-refractivity contribution in [2.45, 2.75) is 19.6 Å². The van der Waals surface area contributed by atoms with E-state index in [1.165, 1.54) is 10.5 Å². The zero-order valence-electron chi connectivity index (χ0n) is 19.0. The molecule has 0 bridgehead atoms. The van der Waals surface area contributed by atoms with Crippen LogP contribution >= 0.6 is 11.6 Å². The maximum absolute atomic E-state index is 14.0. The van der Waals surface area contributed by atoms with E-state index in [2.05, 4.69) is 15.6 Å². The summed E-state index contributed by atoms with van der Waals surface area (Å²) in [6, 6.07) is 12.7. The van der Waals surface area contributed by atoms with Crippen LogP contribution in [0.25, 0.3) is 5.65 Å². The number of aryl methyl sites for hydroxylation is 1. The second-order valence-corrected chi connectivity index (χ2v) is 8.30. The largest absolute Gasteiger partial charge is 0.485 e. The number of halogens is 3. The van der Waals surface area contributed by atoms with Gasteiger partial charge in [-0.3, -0.25) is 9.20 Å². The van der Waals surface area contributed by atoms with Crippen molar-refractivity contribution in [2.75, 3.05) is 6.54 Å². The summed E-state index contributed by atoms with van der Waals surface area (Å²) in [5, 5.41) is 14.6. The number of aromatic nitrogens is 2. The minimum absolute atomic E-state index is 0.0823. The number of nitrogens with zero attached hydrogens (tertiary/aromatic N) is 2. The van der Waals surface area contributed by atoms with E-state index < -0.39 is 29.7 Å². The number of amides is 2. The lowest BCUT2D eigenvalue weighted by atomic mass is 10.1. The van der Waals surface area contributed by atoms with Gasteiger partial charge < -0.3 is 20.5 Å². The number of fused-ring (bicyclic) bond motifs is 1. The predicted molar refractivity (Wildman–Crippen MR) is 128 cm³/mol. The van der Waals surface area contributed by atoms with Crippen LogP contribution < -0.4 is 15.4 Å². The third-order valence-electron chi connectivity index (χ3n) is 5.47. The highest BCUT2D eigenvalue weighted by molar-refractivity contribution is 6.30. The van der Waals surface area contributed by atoms with Crippen molar-refractivity contribution in [3.63, 3.8) is 0 Å². The molecule has 0 aliphatic heterocycles. The Bertz CT molecular complexity index is 1410. The van der Waals surface area contributed by atoms with Gasteiger partial charge >= 0.3 is 6.09 Å². The first kappa shape index (κ1) is 24.9. The Hall–Kier alpha value is -4.18. The van der Waals surface area contributed by atoms with Gasteiger partial charge in [0.2, 0.25) is 0 Å². The van der Waals surface area contributed by atoms with Crippen molar-refractivity contribution in [1.29, 1.82) is 0 Å². The molecule has 2 aromatic carbocycles. The maximum atomic E-state index is 14.0. The molecule has 8 nitrogen and oxygen atoms in total. The van der Waals surface area contributed by atoms with E-state index in [0.717, 1.165) is 12.1 Å². The van der Waals surface area contributed by atoms with Crippen LogP contribution in [0, 0.1) is 18.6 Å². The van der Waals surface area contributed by atoms with Gasteiger partial charge in [0.05, 0.1) is 17.3 Å². The molecule has 186 valence electrons. The standard InChI is InChI=1S/C25H21ClF2N4O4/c1-14-22(24(33)31-20(12-29-25(34)35)15-7-9-16(26)10-8-15)32-11-3-6-21(23(32)30-14)36-13-17-18(27)4-2-5-19(17)28/h2-11,20,29H,12-13H2,1H3,(H,31,33)(H,34,35). The summed E-state index contributed by atoms with van der Waals surface area (Å²) >= 11 is 5.95. The summed E-state index contributed by atoms with van der Waals surface area (Å²) in [5.41, 5.74) is 1.27. The molecule has 0 saturated heterocycles. The highest BCUT2D eigenvalue weighted by atomic mass is 35.5. The van der Waals surface area contributed by atoms with E-state index in [-0.39, 0.29) is 35.8 Å². The van der Waals surface area contributed by atoms with Crippen LogP contribution in [0.15, 0.2) is 60.8 Å². The van der Waals surface area contributed by atoms with Crippen molar-refractivity contribution in [1.82, 2.24) is 20.0 Å². The van der Waals surface area contributed by atoms with Crippen molar-refractivity contribution in [3.8, 4) is 5.75 Å². The van der Waals surface area contributed by atoms with Crippen LogP contribution in [0.5, 0.6) is 5.75 Å². The number of carbonyl (C=O) groups is 2. The minimum Gasteiger partial charge on any atom is -0.485 e. The lowest BCUT2D eigenvalue weighted by Crippen LogP contribution is -2.38. The molecule has 3 N–H and O–H groups in total. The first-order valence-electron chi connectivity index (χ1n) is 10.8. The van der Waals surface area contributed by atoms with E-state index in [4.69, 9.17) is 21.4 Å². The van der Waals surface area contributed by atoms with Gasteiger partial charge in [-0.1, -0.05) is 29.8 Å². The SMILES string of the molecule is Cc1nc2c(OCc3c(F)cccc3F)cccn2c1C(=O)NC(CNC(=O)O)c1ccc(Cl)cc1. The number of carbonyl (C=O) groups excluding carboxylic acids is 1. The molecule has 36 heavy (non-hydrogen) atoms. The average Bonchev–Trinajstić information content (AvgIpc) is 3.18. The van der Waals surface area contributed by atoms with E-state index in [9.17, 15) is 18.4 Å². The molecule has 0 saturated carbocycles. The van der Waals surface area contributed by atoms with Crippen LogP contribution in [0.1, 0.15) is 33.4 Å². The first-order valence-corrected chi connectivity index (χ1v) is 11.2. The Kier molecular flexibility index (Phi) is 7.35. The van der Waals surface area contributed by atoms with Crippen LogP contribution in [-0.2, 0) is 6.61 Å². The van der Waals surface area contributed by atoms with Crippen molar-refractivity contribution in [3.05, 3.63) is 100.0 Å². The van der Waals surface area contributed by atoms with Gasteiger partial charge in [-0.05, 0) is 48.9 Å². The molecule has 2 aromatic heterocycles. The number of carboxylic acid groups (broad SMARTS) is 1. The molecule has 1 atom stereocenters. The Balaban J connectivity index is 1.61. The number of pyridine rings is 1. The van der Waals surface area contributed by atoms with Crippen LogP contribution in [0.4, 0.5) is 13.6 Å². The van der Waals surface area contributed by atoms with E-state index in [1.54, 1.807) is 49.5 Å². The molecule has 2 amide bonds. The van der Waals surface area contributed by atoms with Crippen LogP contribution in [0.2, 0.25) is 5.02 Å². The zero-order valence-corrected chi connectivity index (χ0v) is 19.7. The highest BCUT2D eigenvalue weighted by Crippen LogP contribution is 2.25. The molecule has 4 aromatic rings. The fraction of sp³-hybridized carbons (Fsp3) is 0.160. The number of imidazole rings is 1. The van der Waals surface area contributed by atoms with Gasteiger partial charge in [0.15, 0.2) is 11.4 Å². The second kappa shape index (κ2) is 10.6. The minimum atomic E-state index is -1.23. The summed E-state index contributed by atoms with van der Waals surface area (Å²) < 4.78 is 35.1. The summed E-state index contributed by atoms with van der Waals surface area (Å²) in [4.78, 5) is 28.8. The van der Waals surface area contributed by atoms with Gasteiger partial charge in [-0.2, -0.15) is 0 Å². The molecular formula is C25H21ClF2N4O4. The number of nitrogens with one attached hydrogen (secondary N) is 2. The number of hydrogen-bond acceptors (Lipinski definition) is 4. The summed E-state index contributed by atoms with van der Waals surface area (Å²) in [6.07, 6.45) is 0.371. The molecule has 2 heterocycles. The van der Waals surface area contributed by atoms with Gasteiger partial charge in [-0.15, -0.1) is 0 Å². The van der Waals surface area contributed by atoms with Crippen molar-refractivity contribution in [2.24, 2.45) is 0 Å². The summed E-state index contributed by atoms with van der Waals surface area (Å²) in [5.74, 6) is -1.75. The third-order valence-corrected chi connectivity index (χ3v) is 5.72. The number of rotatable bonds is 8. The lowest BCUT2D eigenvalue weighted by Gasteiger charge is -2.19. The molecule has 0 spiro atoms. The average molecular weight is 515 g/mol. The van der Waals surface area contributed by atoms with E-state index in [0.29, 0.717) is 16.3 Å². The zero-order chi connectivity index (χ0) is 25.8. The highest BCUT2D eigenvalue weighted by Gasteiger charge is 2.23. The smallest absolute Gasteiger partial charge is 0.404 e. The Morgan fingerprint density at radius 1 is 1.11 bits per heavy atom. The number of hydrogen-bond donors (Lipinski definition) is 3.